The van der Waals surface area contributed by atoms with Gasteiger partial charge in [-0.15, -0.1) is 11.3 Å². The monoisotopic (exact) mass is 362 g/mol. The molecule has 0 unspecified atom stereocenters. The quantitative estimate of drug-likeness (QED) is 0.464. The average molecular weight is 362 g/mol. The summed E-state index contributed by atoms with van der Waals surface area (Å²) in [6, 6.07) is 0. The summed E-state index contributed by atoms with van der Waals surface area (Å²) in [6.45, 7) is 1.99. The van der Waals surface area contributed by atoms with Crippen molar-refractivity contribution in [3.8, 4) is 0 Å². The van der Waals surface area contributed by atoms with Crippen molar-refractivity contribution in [2.45, 2.75) is 32.1 Å². The summed E-state index contributed by atoms with van der Waals surface area (Å²) in [4.78, 5) is 7.22. The zero-order valence-corrected chi connectivity index (χ0v) is 13.0. The fourth-order valence-corrected chi connectivity index (χ4v) is 2.28. The standard InChI is InChI=1S/C12H16F6N4S/c1-2-19-10(21-6-4-11(13,14)15)20-5-3-9-22-8(7-23-9)12(16,17)18/h7H,2-6H2,1H3,(H2,19,20,21). The molecule has 0 bridgehead atoms. The first-order chi connectivity index (χ1) is 10.6. The van der Waals surface area contributed by atoms with Crippen LogP contribution < -0.4 is 10.6 Å². The van der Waals surface area contributed by atoms with Crippen LogP contribution >= 0.6 is 11.3 Å². The number of halogens is 6. The third-order valence-corrected chi connectivity index (χ3v) is 3.39. The van der Waals surface area contributed by atoms with Gasteiger partial charge in [0.25, 0.3) is 0 Å². The molecule has 0 saturated carbocycles. The van der Waals surface area contributed by atoms with Crippen LogP contribution in [0.1, 0.15) is 24.0 Å². The zero-order valence-electron chi connectivity index (χ0n) is 12.2. The molecule has 0 aliphatic heterocycles. The third-order valence-electron chi connectivity index (χ3n) is 2.48. The smallest absolute Gasteiger partial charge is 0.357 e. The van der Waals surface area contributed by atoms with E-state index in [4.69, 9.17) is 0 Å². The Bertz CT molecular complexity index is 508. The summed E-state index contributed by atoms with van der Waals surface area (Å²) in [5, 5.41) is 6.74. The van der Waals surface area contributed by atoms with E-state index in [9.17, 15) is 26.3 Å². The van der Waals surface area contributed by atoms with Crippen LogP contribution in [0.15, 0.2) is 10.4 Å². The summed E-state index contributed by atoms with van der Waals surface area (Å²) in [6.07, 6.45) is -9.58. The first-order valence-electron chi connectivity index (χ1n) is 6.72. The van der Waals surface area contributed by atoms with Crippen LogP contribution in [0.5, 0.6) is 0 Å². The van der Waals surface area contributed by atoms with Crippen molar-refractivity contribution >= 4 is 17.3 Å². The predicted octanol–water partition coefficient (Wildman–Crippen LogP) is 3.21. The van der Waals surface area contributed by atoms with E-state index in [1.807, 2.05) is 0 Å². The highest BCUT2D eigenvalue weighted by molar-refractivity contribution is 7.09. The Morgan fingerprint density at radius 1 is 1.22 bits per heavy atom. The minimum absolute atomic E-state index is 0.185. The van der Waals surface area contributed by atoms with E-state index >= 15 is 0 Å². The molecule has 0 amide bonds. The molecule has 11 heteroatoms. The van der Waals surface area contributed by atoms with Crippen LogP contribution in [0.4, 0.5) is 26.3 Å². The highest BCUT2D eigenvalue weighted by Gasteiger charge is 2.33. The maximum atomic E-state index is 12.4. The second-order valence-electron chi connectivity index (χ2n) is 4.43. The maximum Gasteiger partial charge on any atom is 0.434 e. The van der Waals surface area contributed by atoms with Crippen LogP contribution in [0.25, 0.3) is 0 Å². The molecule has 1 aromatic rings. The van der Waals surface area contributed by atoms with Gasteiger partial charge >= 0.3 is 12.4 Å². The number of hydrogen-bond donors (Lipinski definition) is 2. The van der Waals surface area contributed by atoms with Crippen molar-refractivity contribution < 1.29 is 26.3 Å². The largest absolute Gasteiger partial charge is 0.434 e. The number of aromatic nitrogens is 1. The lowest BCUT2D eigenvalue weighted by Crippen LogP contribution is -2.38. The van der Waals surface area contributed by atoms with Gasteiger partial charge in [-0.3, -0.25) is 4.99 Å². The average Bonchev–Trinajstić information content (AvgIpc) is 2.86. The van der Waals surface area contributed by atoms with E-state index < -0.39 is 31.0 Å². The Morgan fingerprint density at radius 2 is 1.91 bits per heavy atom. The molecule has 0 aliphatic carbocycles. The Balaban J connectivity index is 2.46. The second-order valence-corrected chi connectivity index (χ2v) is 5.37. The Morgan fingerprint density at radius 3 is 2.43 bits per heavy atom. The Kier molecular flexibility index (Phi) is 7.10. The molecule has 4 nitrogen and oxygen atoms in total. The summed E-state index contributed by atoms with van der Waals surface area (Å²) in [7, 11) is 0. The van der Waals surface area contributed by atoms with Crippen molar-refractivity contribution in [1.82, 2.24) is 15.6 Å². The minimum atomic E-state index is -4.48. The van der Waals surface area contributed by atoms with Gasteiger partial charge in [-0.2, -0.15) is 26.3 Å². The van der Waals surface area contributed by atoms with Gasteiger partial charge < -0.3 is 10.6 Å². The topological polar surface area (TPSA) is 49.3 Å². The summed E-state index contributed by atoms with van der Waals surface area (Å²) in [5.74, 6) is 0.185. The number of aliphatic imine (C=N–C) groups is 1. The van der Waals surface area contributed by atoms with E-state index in [0.717, 1.165) is 16.7 Å². The Hall–Kier alpha value is -1.52. The fourth-order valence-electron chi connectivity index (χ4n) is 1.48. The SMILES string of the molecule is CCNC(=NCCC(F)(F)F)NCCc1nc(C(F)(F)F)cs1. The van der Waals surface area contributed by atoms with E-state index in [-0.39, 0.29) is 23.9 Å². The molecule has 0 saturated heterocycles. The lowest BCUT2D eigenvalue weighted by atomic mass is 10.4. The minimum Gasteiger partial charge on any atom is -0.357 e. The van der Waals surface area contributed by atoms with E-state index in [2.05, 4.69) is 20.6 Å². The molecule has 132 valence electrons. The normalized spacial score (nSPS) is 13.3. The van der Waals surface area contributed by atoms with Crippen LogP contribution in [-0.4, -0.2) is 36.8 Å². The van der Waals surface area contributed by atoms with Crippen molar-refractivity contribution in [2.24, 2.45) is 4.99 Å². The van der Waals surface area contributed by atoms with Gasteiger partial charge in [0.1, 0.15) is 0 Å². The van der Waals surface area contributed by atoms with E-state index in [1.165, 1.54) is 0 Å². The molecular weight excluding hydrogens is 346 g/mol. The first-order valence-corrected chi connectivity index (χ1v) is 7.60. The Labute approximate surface area is 133 Å². The number of guanidine groups is 1. The summed E-state index contributed by atoms with van der Waals surface area (Å²) >= 11 is 0.883. The molecule has 1 heterocycles. The van der Waals surface area contributed by atoms with E-state index in [0.29, 0.717) is 6.54 Å². The number of hydrogen-bond acceptors (Lipinski definition) is 3. The van der Waals surface area contributed by atoms with Gasteiger partial charge in [0.15, 0.2) is 11.7 Å². The van der Waals surface area contributed by atoms with Gasteiger partial charge in [-0.05, 0) is 6.92 Å². The van der Waals surface area contributed by atoms with Crippen LogP contribution in [-0.2, 0) is 12.6 Å². The molecule has 0 radical (unpaired) electrons. The second kappa shape index (κ2) is 8.37. The molecule has 0 aliphatic rings. The molecule has 2 N–H and O–H groups in total. The molecule has 0 atom stereocenters. The number of nitrogens with zero attached hydrogens (tertiary/aromatic N) is 2. The number of rotatable bonds is 6. The highest BCUT2D eigenvalue weighted by Crippen LogP contribution is 2.29. The van der Waals surface area contributed by atoms with Gasteiger partial charge in [0.2, 0.25) is 0 Å². The molecule has 23 heavy (non-hydrogen) atoms. The van der Waals surface area contributed by atoms with Gasteiger partial charge in [0.05, 0.1) is 18.0 Å². The van der Waals surface area contributed by atoms with Gasteiger partial charge in [-0.1, -0.05) is 0 Å². The van der Waals surface area contributed by atoms with Crippen molar-refractivity contribution in [1.29, 1.82) is 0 Å². The molecular formula is C12H16F6N4S. The lowest BCUT2D eigenvalue weighted by Gasteiger charge is -2.11. The van der Waals surface area contributed by atoms with Crippen molar-refractivity contribution in [2.75, 3.05) is 19.6 Å². The maximum absolute atomic E-state index is 12.4. The molecule has 0 aromatic carbocycles. The summed E-state index contributed by atoms with van der Waals surface area (Å²) in [5.41, 5.74) is -0.941. The molecule has 0 spiro atoms. The zero-order chi connectivity index (χ0) is 17.5. The van der Waals surface area contributed by atoms with Gasteiger partial charge in [-0.25, -0.2) is 4.98 Å². The fraction of sp³-hybridized carbons (Fsp3) is 0.667. The van der Waals surface area contributed by atoms with Crippen LogP contribution in [0, 0.1) is 0 Å². The lowest BCUT2D eigenvalue weighted by molar-refractivity contribution is -0.140. The molecule has 1 aromatic heterocycles. The number of alkyl halides is 6. The first kappa shape index (κ1) is 19.5. The number of thiazole rings is 1. The predicted molar refractivity (Wildman–Crippen MR) is 75.5 cm³/mol. The molecule has 0 fully saturated rings. The van der Waals surface area contributed by atoms with Crippen LogP contribution in [0.2, 0.25) is 0 Å². The van der Waals surface area contributed by atoms with Gasteiger partial charge in [0, 0.05) is 24.9 Å². The highest BCUT2D eigenvalue weighted by atomic mass is 32.1. The third kappa shape index (κ3) is 8.05. The van der Waals surface area contributed by atoms with Crippen molar-refractivity contribution in [3.05, 3.63) is 16.1 Å². The van der Waals surface area contributed by atoms with Crippen molar-refractivity contribution in [3.63, 3.8) is 0 Å². The van der Waals surface area contributed by atoms with Crippen LogP contribution in [0.3, 0.4) is 0 Å². The number of nitrogens with one attached hydrogen (secondary N) is 2. The summed E-state index contributed by atoms with van der Waals surface area (Å²) < 4.78 is 73.4. The van der Waals surface area contributed by atoms with E-state index in [1.54, 1.807) is 6.92 Å². The molecule has 1 rings (SSSR count).